The molecule has 4 nitrogen and oxygen atoms in total. The summed E-state index contributed by atoms with van der Waals surface area (Å²) in [5.74, 6) is 0.124. The maximum atomic E-state index is 11.8. The van der Waals surface area contributed by atoms with Crippen LogP contribution in [-0.2, 0) is 0 Å². The summed E-state index contributed by atoms with van der Waals surface area (Å²) < 4.78 is 0. The van der Waals surface area contributed by atoms with Crippen LogP contribution >= 0.6 is 0 Å². The first kappa shape index (κ1) is 13.2. The van der Waals surface area contributed by atoms with Crippen LogP contribution < -0.4 is 11.1 Å². The Labute approximate surface area is 101 Å². The molecule has 4 heteroatoms. The Hall–Kier alpha value is -1.86. The normalized spacial score (nSPS) is 11.9. The molecule has 1 atom stereocenters. The van der Waals surface area contributed by atoms with Gasteiger partial charge >= 0.3 is 0 Å². The van der Waals surface area contributed by atoms with E-state index in [1.807, 2.05) is 19.9 Å². The monoisotopic (exact) mass is 231 g/mol. The molecule has 0 aliphatic heterocycles. The summed E-state index contributed by atoms with van der Waals surface area (Å²) in [6, 6.07) is 8.54. The van der Waals surface area contributed by atoms with E-state index in [0.29, 0.717) is 23.6 Å². The zero-order chi connectivity index (χ0) is 12.8. The molecule has 0 aliphatic rings. The molecule has 0 radical (unpaired) electrons. The molecular formula is C13H17N3O. The first-order valence-electron chi connectivity index (χ1n) is 5.58. The average molecular weight is 231 g/mol. The maximum absolute atomic E-state index is 11.8. The van der Waals surface area contributed by atoms with Crippen LogP contribution in [0.3, 0.4) is 0 Å². The highest BCUT2D eigenvalue weighted by Crippen LogP contribution is 2.04. The molecule has 1 unspecified atom stereocenters. The van der Waals surface area contributed by atoms with Gasteiger partial charge in [0.25, 0.3) is 5.91 Å². The van der Waals surface area contributed by atoms with Crippen LogP contribution in [0.25, 0.3) is 0 Å². The van der Waals surface area contributed by atoms with E-state index in [0.717, 1.165) is 0 Å². The first-order chi connectivity index (χ1) is 8.04. The Balaban J connectivity index is 2.61. The smallest absolute Gasteiger partial charge is 0.251 e. The number of nitrogens with one attached hydrogen (secondary N) is 1. The highest BCUT2D eigenvalue weighted by atomic mass is 16.1. The van der Waals surface area contributed by atoms with Crippen LogP contribution in [0.4, 0.5) is 0 Å². The van der Waals surface area contributed by atoms with Crippen molar-refractivity contribution < 1.29 is 4.79 Å². The van der Waals surface area contributed by atoms with E-state index in [-0.39, 0.29) is 11.9 Å². The number of carbonyl (C=O) groups excluding carboxylic acids is 1. The van der Waals surface area contributed by atoms with Gasteiger partial charge in [-0.2, -0.15) is 5.26 Å². The number of carbonyl (C=O) groups is 1. The molecule has 90 valence electrons. The molecule has 0 fully saturated rings. The Morgan fingerprint density at radius 1 is 1.53 bits per heavy atom. The number of benzene rings is 1. The van der Waals surface area contributed by atoms with Gasteiger partial charge in [0.15, 0.2) is 0 Å². The third kappa shape index (κ3) is 3.89. The number of hydrogen-bond donors (Lipinski definition) is 2. The Morgan fingerprint density at radius 3 is 2.82 bits per heavy atom. The van der Waals surface area contributed by atoms with E-state index in [9.17, 15) is 4.79 Å². The summed E-state index contributed by atoms with van der Waals surface area (Å²) in [6.07, 6.45) is 0. The van der Waals surface area contributed by atoms with Crippen molar-refractivity contribution in [2.24, 2.45) is 11.7 Å². The Bertz CT molecular complexity index is 435. The molecule has 0 saturated heterocycles. The SMILES string of the molecule is CC(C)C(N)CNC(=O)c1cccc(C#N)c1. The van der Waals surface area contributed by atoms with Crippen molar-refractivity contribution in [1.82, 2.24) is 5.32 Å². The van der Waals surface area contributed by atoms with Crippen LogP contribution in [0.5, 0.6) is 0 Å². The molecule has 3 N–H and O–H groups in total. The van der Waals surface area contributed by atoms with Crippen molar-refractivity contribution in [3.63, 3.8) is 0 Å². The van der Waals surface area contributed by atoms with Crippen LogP contribution in [0.1, 0.15) is 29.8 Å². The summed E-state index contributed by atoms with van der Waals surface area (Å²) in [4.78, 5) is 11.8. The van der Waals surface area contributed by atoms with E-state index in [4.69, 9.17) is 11.0 Å². The van der Waals surface area contributed by atoms with Crippen molar-refractivity contribution >= 4 is 5.91 Å². The average Bonchev–Trinajstić information content (AvgIpc) is 2.35. The van der Waals surface area contributed by atoms with E-state index in [1.165, 1.54) is 0 Å². The van der Waals surface area contributed by atoms with Crippen molar-refractivity contribution in [3.05, 3.63) is 35.4 Å². The zero-order valence-corrected chi connectivity index (χ0v) is 10.1. The number of amides is 1. The predicted molar refractivity (Wildman–Crippen MR) is 66.3 cm³/mol. The molecule has 0 spiro atoms. The van der Waals surface area contributed by atoms with Gasteiger partial charge in [0.2, 0.25) is 0 Å². The summed E-state index contributed by atoms with van der Waals surface area (Å²) in [5, 5.41) is 11.5. The fraction of sp³-hybridized carbons (Fsp3) is 0.385. The summed E-state index contributed by atoms with van der Waals surface area (Å²) in [7, 11) is 0. The molecule has 17 heavy (non-hydrogen) atoms. The second kappa shape index (κ2) is 6.02. The fourth-order valence-electron chi connectivity index (χ4n) is 1.28. The maximum Gasteiger partial charge on any atom is 0.251 e. The summed E-state index contributed by atoms with van der Waals surface area (Å²) in [5.41, 5.74) is 6.80. The van der Waals surface area contributed by atoms with Gasteiger partial charge in [0.1, 0.15) is 0 Å². The van der Waals surface area contributed by atoms with Gasteiger partial charge in [-0.3, -0.25) is 4.79 Å². The van der Waals surface area contributed by atoms with Gasteiger partial charge in [-0.25, -0.2) is 0 Å². The predicted octanol–water partition coefficient (Wildman–Crippen LogP) is 1.27. The molecular weight excluding hydrogens is 214 g/mol. The highest BCUT2D eigenvalue weighted by Gasteiger charge is 2.10. The molecule has 0 aromatic heterocycles. The second-order valence-corrected chi connectivity index (χ2v) is 4.31. The van der Waals surface area contributed by atoms with Gasteiger partial charge < -0.3 is 11.1 Å². The largest absolute Gasteiger partial charge is 0.350 e. The number of rotatable bonds is 4. The molecule has 1 aromatic rings. The summed E-state index contributed by atoms with van der Waals surface area (Å²) in [6.45, 7) is 4.45. The quantitative estimate of drug-likeness (QED) is 0.819. The second-order valence-electron chi connectivity index (χ2n) is 4.31. The lowest BCUT2D eigenvalue weighted by Gasteiger charge is -2.16. The lowest BCUT2D eigenvalue weighted by molar-refractivity contribution is 0.0949. The van der Waals surface area contributed by atoms with Gasteiger partial charge in [-0.15, -0.1) is 0 Å². The molecule has 0 heterocycles. The van der Waals surface area contributed by atoms with Crippen LogP contribution in [0, 0.1) is 17.2 Å². The van der Waals surface area contributed by atoms with Crippen LogP contribution in [-0.4, -0.2) is 18.5 Å². The van der Waals surface area contributed by atoms with Crippen molar-refractivity contribution in [2.75, 3.05) is 6.54 Å². The Morgan fingerprint density at radius 2 is 2.24 bits per heavy atom. The van der Waals surface area contributed by atoms with E-state index >= 15 is 0 Å². The molecule has 0 bridgehead atoms. The molecule has 1 amide bonds. The van der Waals surface area contributed by atoms with E-state index < -0.39 is 0 Å². The van der Waals surface area contributed by atoms with Gasteiger partial charge in [-0.05, 0) is 24.1 Å². The molecule has 1 aromatic carbocycles. The highest BCUT2D eigenvalue weighted by molar-refractivity contribution is 5.94. The first-order valence-corrected chi connectivity index (χ1v) is 5.58. The van der Waals surface area contributed by atoms with Gasteiger partial charge in [-0.1, -0.05) is 19.9 Å². The number of hydrogen-bond acceptors (Lipinski definition) is 3. The standard InChI is InChI=1S/C13H17N3O/c1-9(2)12(15)8-16-13(17)11-5-3-4-10(6-11)7-14/h3-6,9,12H,8,15H2,1-2H3,(H,16,17). The minimum atomic E-state index is -0.196. The van der Waals surface area contributed by atoms with Crippen molar-refractivity contribution in [1.29, 1.82) is 5.26 Å². The van der Waals surface area contributed by atoms with Crippen molar-refractivity contribution in [2.45, 2.75) is 19.9 Å². The number of nitrogens with zero attached hydrogens (tertiary/aromatic N) is 1. The van der Waals surface area contributed by atoms with Crippen molar-refractivity contribution in [3.8, 4) is 6.07 Å². The third-order valence-electron chi connectivity index (χ3n) is 2.61. The third-order valence-corrected chi connectivity index (χ3v) is 2.61. The molecule has 0 saturated carbocycles. The van der Waals surface area contributed by atoms with Gasteiger partial charge in [0.05, 0.1) is 11.6 Å². The Kier molecular flexibility index (Phi) is 4.68. The van der Waals surface area contributed by atoms with Crippen LogP contribution in [0.15, 0.2) is 24.3 Å². The topological polar surface area (TPSA) is 78.9 Å². The van der Waals surface area contributed by atoms with E-state index in [1.54, 1.807) is 24.3 Å². The van der Waals surface area contributed by atoms with Gasteiger partial charge in [0, 0.05) is 18.2 Å². The minimum Gasteiger partial charge on any atom is -0.350 e. The minimum absolute atomic E-state index is 0.0573. The van der Waals surface area contributed by atoms with E-state index in [2.05, 4.69) is 5.32 Å². The summed E-state index contributed by atoms with van der Waals surface area (Å²) >= 11 is 0. The van der Waals surface area contributed by atoms with Crippen LogP contribution in [0.2, 0.25) is 0 Å². The number of nitriles is 1. The fourth-order valence-corrected chi connectivity index (χ4v) is 1.28. The lowest BCUT2D eigenvalue weighted by atomic mass is 10.1. The molecule has 0 aliphatic carbocycles. The lowest BCUT2D eigenvalue weighted by Crippen LogP contribution is -2.40. The zero-order valence-electron chi connectivity index (χ0n) is 10.1. The number of nitrogens with two attached hydrogens (primary N) is 1. The molecule has 1 rings (SSSR count).